The van der Waals surface area contributed by atoms with E-state index in [1.54, 1.807) is 0 Å². The second-order valence-electron chi connectivity index (χ2n) is 3.06. The third-order valence-electron chi connectivity index (χ3n) is 1.86. The highest BCUT2D eigenvalue weighted by Crippen LogP contribution is 2.06. The molecule has 0 radical (unpaired) electrons. The molecule has 0 aromatic heterocycles. The van der Waals surface area contributed by atoms with Gasteiger partial charge in [-0.25, -0.2) is 0 Å². The smallest absolute Gasteiger partial charge is 0.0350 e. The molecule has 0 saturated carbocycles. The maximum absolute atomic E-state index is 2.24. The summed E-state index contributed by atoms with van der Waals surface area (Å²) in [6.07, 6.45) is 11.1. The van der Waals surface area contributed by atoms with Crippen LogP contribution in [0.15, 0.2) is 35.5 Å². The van der Waals surface area contributed by atoms with Crippen molar-refractivity contribution in [1.29, 1.82) is 0 Å². The second-order valence-corrected chi connectivity index (χ2v) is 3.06. The van der Waals surface area contributed by atoms with Gasteiger partial charge in [-0.05, 0) is 38.3 Å². The van der Waals surface area contributed by atoms with Crippen molar-refractivity contribution in [3.05, 3.63) is 35.5 Å². The zero-order chi connectivity index (χ0) is 9.40. The fraction of sp³-hybridized carbons (Fsp3) is 0.500. The maximum atomic E-state index is 2.24. The molecule has 0 unspecified atom stereocenters. The molecule has 0 bridgehead atoms. The summed E-state index contributed by atoms with van der Waals surface area (Å²) in [6.45, 7) is 8.54. The third-order valence-corrected chi connectivity index (χ3v) is 1.86. The molecular formula is C12H20. The average molecular weight is 164 g/mol. The molecule has 0 fully saturated rings. The summed E-state index contributed by atoms with van der Waals surface area (Å²) in [5.41, 5.74) is 2.71. The molecule has 0 rings (SSSR count). The highest BCUT2D eigenvalue weighted by molar-refractivity contribution is 5.29. The summed E-state index contributed by atoms with van der Waals surface area (Å²) >= 11 is 0. The lowest BCUT2D eigenvalue weighted by molar-refractivity contribution is 0.957. The van der Waals surface area contributed by atoms with Crippen LogP contribution in [0.5, 0.6) is 0 Å². The molecule has 0 aliphatic rings. The van der Waals surface area contributed by atoms with Gasteiger partial charge < -0.3 is 0 Å². The number of unbranched alkanes of at least 4 members (excludes halogenated alkanes) is 1. The van der Waals surface area contributed by atoms with E-state index in [0.29, 0.717) is 0 Å². The molecule has 0 aliphatic heterocycles. The zero-order valence-electron chi connectivity index (χ0n) is 8.72. The van der Waals surface area contributed by atoms with Crippen LogP contribution in [0.1, 0.15) is 40.5 Å². The van der Waals surface area contributed by atoms with Crippen LogP contribution in [0.4, 0.5) is 0 Å². The first kappa shape index (κ1) is 11.2. The van der Waals surface area contributed by atoms with E-state index in [1.165, 1.54) is 24.0 Å². The maximum Gasteiger partial charge on any atom is -0.0350 e. The van der Waals surface area contributed by atoms with Gasteiger partial charge in [0.1, 0.15) is 0 Å². The van der Waals surface area contributed by atoms with Gasteiger partial charge in [0.25, 0.3) is 0 Å². The molecule has 0 saturated heterocycles. The molecule has 0 aromatic carbocycles. The van der Waals surface area contributed by atoms with Gasteiger partial charge in [0, 0.05) is 0 Å². The highest BCUT2D eigenvalue weighted by Gasteiger charge is 1.86. The van der Waals surface area contributed by atoms with E-state index in [4.69, 9.17) is 0 Å². The molecule has 0 aliphatic carbocycles. The molecule has 0 heteroatoms. The van der Waals surface area contributed by atoms with Crippen LogP contribution in [-0.4, -0.2) is 0 Å². The largest absolute Gasteiger partial charge is 0.0874 e. The zero-order valence-corrected chi connectivity index (χ0v) is 8.72. The Bertz CT molecular complexity index is 192. The summed E-state index contributed by atoms with van der Waals surface area (Å²) in [6, 6.07) is 0. The third kappa shape index (κ3) is 4.95. The van der Waals surface area contributed by atoms with Crippen LogP contribution >= 0.6 is 0 Å². The van der Waals surface area contributed by atoms with E-state index in [2.05, 4.69) is 45.1 Å². The van der Waals surface area contributed by atoms with Crippen molar-refractivity contribution in [2.75, 3.05) is 0 Å². The van der Waals surface area contributed by atoms with E-state index >= 15 is 0 Å². The standard InChI is InChI=1S/C12H20/c1-5-7-8-10-12(4)11(3)9-6-2/h6,8-10H,5,7H2,1-4H3/b9-6-,10-8+,12-11-. The van der Waals surface area contributed by atoms with E-state index in [0.717, 1.165) is 0 Å². The Morgan fingerprint density at radius 1 is 1.08 bits per heavy atom. The number of rotatable bonds is 4. The summed E-state index contributed by atoms with van der Waals surface area (Å²) in [5, 5.41) is 0. The minimum Gasteiger partial charge on any atom is -0.0874 e. The van der Waals surface area contributed by atoms with Gasteiger partial charge in [-0.15, -0.1) is 0 Å². The lowest BCUT2D eigenvalue weighted by atomic mass is 10.1. The predicted molar refractivity (Wildman–Crippen MR) is 57.2 cm³/mol. The van der Waals surface area contributed by atoms with Crippen LogP contribution < -0.4 is 0 Å². The lowest BCUT2D eigenvalue weighted by Crippen LogP contribution is -1.75. The van der Waals surface area contributed by atoms with Crippen molar-refractivity contribution in [1.82, 2.24) is 0 Å². The SMILES string of the molecule is C\C=C/C(C)=C(C)\C=C\CCC. The molecule has 0 nitrogen and oxygen atoms in total. The average Bonchev–Trinajstić information content (AvgIpc) is 2.05. The van der Waals surface area contributed by atoms with Gasteiger partial charge in [0.2, 0.25) is 0 Å². The highest BCUT2D eigenvalue weighted by atomic mass is 13.9. The molecule has 0 atom stereocenters. The first-order chi connectivity index (χ1) is 5.72. The van der Waals surface area contributed by atoms with Crippen molar-refractivity contribution < 1.29 is 0 Å². The molecule has 0 spiro atoms. The van der Waals surface area contributed by atoms with Gasteiger partial charge in [0.05, 0.1) is 0 Å². The Labute approximate surface area is 76.7 Å². The van der Waals surface area contributed by atoms with Crippen LogP contribution in [0.25, 0.3) is 0 Å². The summed E-state index contributed by atoms with van der Waals surface area (Å²) in [4.78, 5) is 0. The topological polar surface area (TPSA) is 0 Å². The molecule has 0 amide bonds. The molecular weight excluding hydrogens is 144 g/mol. The van der Waals surface area contributed by atoms with Gasteiger partial charge in [-0.1, -0.05) is 37.6 Å². The van der Waals surface area contributed by atoms with Crippen LogP contribution in [0, 0.1) is 0 Å². The van der Waals surface area contributed by atoms with Crippen LogP contribution in [0.2, 0.25) is 0 Å². The van der Waals surface area contributed by atoms with Crippen molar-refractivity contribution in [3.8, 4) is 0 Å². The number of hydrogen-bond acceptors (Lipinski definition) is 0. The van der Waals surface area contributed by atoms with Gasteiger partial charge in [-0.2, -0.15) is 0 Å². The Balaban J connectivity index is 4.15. The first-order valence-electron chi connectivity index (χ1n) is 4.69. The number of allylic oxidation sites excluding steroid dienone is 6. The van der Waals surface area contributed by atoms with Crippen molar-refractivity contribution in [2.24, 2.45) is 0 Å². The van der Waals surface area contributed by atoms with Gasteiger partial charge >= 0.3 is 0 Å². The van der Waals surface area contributed by atoms with Crippen molar-refractivity contribution in [3.63, 3.8) is 0 Å². The Kier molecular flexibility index (Phi) is 6.45. The Morgan fingerprint density at radius 3 is 2.17 bits per heavy atom. The number of hydrogen-bond donors (Lipinski definition) is 0. The van der Waals surface area contributed by atoms with Crippen molar-refractivity contribution in [2.45, 2.75) is 40.5 Å². The van der Waals surface area contributed by atoms with Gasteiger partial charge in [-0.3, -0.25) is 0 Å². The Morgan fingerprint density at radius 2 is 1.67 bits per heavy atom. The van der Waals surface area contributed by atoms with Gasteiger partial charge in [0.15, 0.2) is 0 Å². The monoisotopic (exact) mass is 164 g/mol. The van der Waals surface area contributed by atoms with E-state index in [1.807, 2.05) is 6.92 Å². The van der Waals surface area contributed by atoms with E-state index in [-0.39, 0.29) is 0 Å². The molecule has 0 N–H and O–H groups in total. The minimum absolute atomic E-state index is 1.18. The minimum atomic E-state index is 1.18. The normalized spacial score (nSPS) is 14.3. The fourth-order valence-corrected chi connectivity index (χ4v) is 0.940. The second kappa shape index (κ2) is 6.90. The van der Waals surface area contributed by atoms with Crippen molar-refractivity contribution >= 4 is 0 Å². The summed E-state index contributed by atoms with van der Waals surface area (Å²) in [7, 11) is 0. The summed E-state index contributed by atoms with van der Waals surface area (Å²) < 4.78 is 0. The molecule has 0 heterocycles. The lowest BCUT2D eigenvalue weighted by Gasteiger charge is -1.96. The summed E-state index contributed by atoms with van der Waals surface area (Å²) in [5.74, 6) is 0. The quantitative estimate of drug-likeness (QED) is 0.545. The van der Waals surface area contributed by atoms with E-state index in [9.17, 15) is 0 Å². The molecule has 12 heavy (non-hydrogen) atoms. The molecule has 68 valence electrons. The fourth-order valence-electron chi connectivity index (χ4n) is 0.940. The van der Waals surface area contributed by atoms with E-state index < -0.39 is 0 Å². The molecule has 0 aromatic rings. The van der Waals surface area contributed by atoms with Crippen LogP contribution in [-0.2, 0) is 0 Å². The predicted octanol–water partition coefficient (Wildman–Crippen LogP) is 4.26. The van der Waals surface area contributed by atoms with Crippen LogP contribution in [0.3, 0.4) is 0 Å². The Hall–Kier alpha value is -0.780. The first-order valence-corrected chi connectivity index (χ1v) is 4.69.